The summed E-state index contributed by atoms with van der Waals surface area (Å²) in [4.78, 5) is 16.7. The van der Waals surface area contributed by atoms with Crippen molar-refractivity contribution in [3.05, 3.63) is 71.9 Å². The minimum Gasteiger partial charge on any atom is -0.487 e. The number of ether oxygens (including phenoxy) is 2. The number of carbonyl (C=O) groups excluding carboxylic acids is 1. The van der Waals surface area contributed by atoms with Crippen LogP contribution in [0.5, 0.6) is 5.75 Å². The van der Waals surface area contributed by atoms with Gasteiger partial charge in [0, 0.05) is 30.3 Å². The maximum Gasteiger partial charge on any atom is 0.269 e. The summed E-state index contributed by atoms with van der Waals surface area (Å²) < 4.78 is 11.5. The van der Waals surface area contributed by atoms with Crippen LogP contribution in [-0.4, -0.2) is 35.3 Å². The van der Waals surface area contributed by atoms with E-state index in [4.69, 9.17) is 21.7 Å². The van der Waals surface area contributed by atoms with E-state index in [9.17, 15) is 4.79 Å². The largest absolute Gasteiger partial charge is 0.487 e. The third-order valence-electron chi connectivity index (χ3n) is 5.01. The number of carbonyl (C=O) groups is 1. The van der Waals surface area contributed by atoms with Gasteiger partial charge >= 0.3 is 0 Å². The van der Waals surface area contributed by atoms with Gasteiger partial charge in [-0.05, 0) is 54.9 Å². The van der Waals surface area contributed by atoms with Crippen molar-refractivity contribution in [2.75, 3.05) is 13.2 Å². The third-order valence-corrected chi connectivity index (χ3v) is 5.26. The first kappa shape index (κ1) is 21.0. The molecule has 1 atom stereocenters. The first-order valence-corrected chi connectivity index (χ1v) is 10.6. The highest BCUT2D eigenvalue weighted by atomic mass is 32.1. The molecule has 1 aliphatic heterocycles. The van der Waals surface area contributed by atoms with Crippen LogP contribution in [0.2, 0.25) is 0 Å². The molecule has 0 bridgehead atoms. The quantitative estimate of drug-likeness (QED) is 0.404. The van der Waals surface area contributed by atoms with Gasteiger partial charge in [-0.2, -0.15) is 0 Å². The zero-order valence-corrected chi connectivity index (χ0v) is 17.8. The molecule has 0 aliphatic carbocycles. The van der Waals surface area contributed by atoms with E-state index in [0.29, 0.717) is 23.8 Å². The summed E-state index contributed by atoms with van der Waals surface area (Å²) in [6, 6.07) is 17.0. The van der Waals surface area contributed by atoms with E-state index in [0.717, 1.165) is 41.7 Å². The van der Waals surface area contributed by atoms with Crippen LogP contribution in [0.15, 0.2) is 60.8 Å². The van der Waals surface area contributed by atoms with Crippen molar-refractivity contribution in [2.24, 2.45) is 0 Å². The number of nitrogens with zero attached hydrogens (tertiary/aromatic N) is 1. The number of hydrogen-bond donors (Lipinski definition) is 3. The molecule has 2 aromatic carbocycles. The molecule has 160 valence electrons. The molecule has 1 fully saturated rings. The molecule has 7 nitrogen and oxygen atoms in total. The van der Waals surface area contributed by atoms with Gasteiger partial charge in [0.15, 0.2) is 5.11 Å². The minimum absolute atomic E-state index is 0.176. The summed E-state index contributed by atoms with van der Waals surface area (Å²) in [5.41, 5.74) is 7.61. The van der Waals surface area contributed by atoms with Crippen LogP contribution in [0.4, 0.5) is 0 Å². The van der Waals surface area contributed by atoms with Crippen LogP contribution >= 0.6 is 12.2 Å². The van der Waals surface area contributed by atoms with Crippen molar-refractivity contribution < 1.29 is 14.3 Å². The van der Waals surface area contributed by atoms with E-state index in [2.05, 4.69) is 21.2 Å². The summed E-state index contributed by atoms with van der Waals surface area (Å²) in [5.74, 6) is 0.458. The zero-order valence-electron chi connectivity index (χ0n) is 17.0. The van der Waals surface area contributed by atoms with Crippen molar-refractivity contribution in [2.45, 2.75) is 25.6 Å². The number of hydrogen-bond acceptors (Lipinski definition) is 5. The Bertz CT molecular complexity index is 1050. The number of aromatic nitrogens is 1. The average molecular weight is 437 g/mol. The molecule has 4 rings (SSSR count). The number of amides is 1. The number of thiocarbonyl (C=S) groups is 1. The van der Waals surface area contributed by atoms with Crippen LogP contribution in [0, 0.1) is 0 Å². The Labute approximate surface area is 186 Å². The lowest BCUT2D eigenvalue weighted by Gasteiger charge is -2.14. The second-order valence-corrected chi connectivity index (χ2v) is 7.65. The summed E-state index contributed by atoms with van der Waals surface area (Å²) >= 11 is 5.18. The molecular weight excluding hydrogens is 412 g/mol. The van der Waals surface area contributed by atoms with Crippen LogP contribution in [0.1, 0.15) is 28.8 Å². The molecule has 3 aromatic rings. The molecule has 2 heterocycles. The van der Waals surface area contributed by atoms with Crippen LogP contribution in [-0.2, 0) is 11.3 Å². The molecule has 1 aliphatic rings. The van der Waals surface area contributed by atoms with Gasteiger partial charge in [-0.3, -0.25) is 20.6 Å². The Morgan fingerprint density at radius 2 is 1.97 bits per heavy atom. The van der Waals surface area contributed by atoms with E-state index in [1.807, 2.05) is 42.5 Å². The molecule has 0 spiro atoms. The first-order chi connectivity index (χ1) is 15.2. The smallest absolute Gasteiger partial charge is 0.269 e. The van der Waals surface area contributed by atoms with E-state index in [-0.39, 0.29) is 12.0 Å². The van der Waals surface area contributed by atoms with Gasteiger partial charge in [0.2, 0.25) is 0 Å². The Hall–Kier alpha value is -3.23. The average Bonchev–Trinajstić information content (AvgIpc) is 3.34. The predicted octanol–water partition coefficient (Wildman–Crippen LogP) is 3.10. The fourth-order valence-electron chi connectivity index (χ4n) is 3.35. The summed E-state index contributed by atoms with van der Waals surface area (Å²) in [6.07, 6.45) is 4.02. The minimum atomic E-state index is -0.271. The van der Waals surface area contributed by atoms with Crippen LogP contribution in [0.25, 0.3) is 10.9 Å². The Morgan fingerprint density at radius 3 is 2.77 bits per heavy atom. The van der Waals surface area contributed by atoms with Gasteiger partial charge in [0.1, 0.15) is 17.9 Å². The number of benzene rings is 2. The number of fused-ring (bicyclic) bond motifs is 1. The maximum atomic E-state index is 12.3. The van der Waals surface area contributed by atoms with Gasteiger partial charge in [0.05, 0.1) is 6.10 Å². The third kappa shape index (κ3) is 5.68. The number of rotatable bonds is 6. The van der Waals surface area contributed by atoms with Crippen LogP contribution < -0.4 is 20.9 Å². The zero-order chi connectivity index (χ0) is 21.5. The second-order valence-electron chi connectivity index (χ2n) is 7.24. The topological polar surface area (TPSA) is 84.5 Å². The molecule has 1 saturated heterocycles. The Morgan fingerprint density at radius 1 is 1.13 bits per heavy atom. The van der Waals surface area contributed by atoms with E-state index < -0.39 is 0 Å². The van der Waals surface area contributed by atoms with Crippen molar-refractivity contribution >= 4 is 34.1 Å². The van der Waals surface area contributed by atoms with E-state index in [1.165, 1.54) is 0 Å². The fraction of sp³-hybridized carbons (Fsp3) is 0.261. The Balaban J connectivity index is 1.25. The standard InChI is InChI=1S/C23H24N4O3S/c28-22(26-27-23(31)25-14-19-6-3-13-29-19)18-10-8-16(9-11-18)15-30-20-7-1-4-17-5-2-12-24-21(17)20/h1-2,4-5,7-12,19H,3,6,13-15H2,(H,26,28)(H2,25,27,31)/t19-/m0/s1. The van der Waals surface area contributed by atoms with E-state index in [1.54, 1.807) is 18.3 Å². The first-order valence-electron chi connectivity index (χ1n) is 10.2. The number of hydrazine groups is 1. The van der Waals surface area contributed by atoms with Gasteiger partial charge in [-0.1, -0.05) is 30.3 Å². The number of nitrogens with one attached hydrogen (secondary N) is 3. The van der Waals surface area contributed by atoms with Gasteiger partial charge in [-0.25, -0.2) is 0 Å². The highest BCUT2D eigenvalue weighted by Crippen LogP contribution is 2.23. The molecule has 1 aromatic heterocycles. The van der Waals surface area contributed by atoms with Gasteiger partial charge in [-0.15, -0.1) is 0 Å². The van der Waals surface area contributed by atoms with Gasteiger partial charge in [0.25, 0.3) is 5.91 Å². The molecule has 8 heteroatoms. The number of pyridine rings is 1. The van der Waals surface area contributed by atoms with Crippen molar-refractivity contribution in [3.63, 3.8) is 0 Å². The van der Waals surface area contributed by atoms with Crippen molar-refractivity contribution in [1.29, 1.82) is 0 Å². The summed E-state index contributed by atoms with van der Waals surface area (Å²) in [6.45, 7) is 1.80. The lowest BCUT2D eigenvalue weighted by Crippen LogP contribution is -2.48. The Kier molecular flexibility index (Phi) is 6.91. The van der Waals surface area contributed by atoms with Crippen LogP contribution in [0.3, 0.4) is 0 Å². The fourth-order valence-corrected chi connectivity index (χ4v) is 3.48. The van der Waals surface area contributed by atoms with Gasteiger partial charge < -0.3 is 14.8 Å². The predicted molar refractivity (Wildman–Crippen MR) is 123 cm³/mol. The van der Waals surface area contributed by atoms with Crippen molar-refractivity contribution in [1.82, 2.24) is 21.2 Å². The molecule has 3 N–H and O–H groups in total. The lowest BCUT2D eigenvalue weighted by atomic mass is 10.1. The molecule has 0 unspecified atom stereocenters. The van der Waals surface area contributed by atoms with E-state index >= 15 is 0 Å². The molecule has 0 saturated carbocycles. The normalized spacial score (nSPS) is 15.4. The molecular formula is C23H24N4O3S. The molecule has 31 heavy (non-hydrogen) atoms. The van der Waals surface area contributed by atoms with Crippen molar-refractivity contribution in [3.8, 4) is 5.75 Å². The second kappa shape index (κ2) is 10.2. The SMILES string of the molecule is O=C(NNC(=S)NC[C@@H]1CCCO1)c1ccc(COc2cccc3cccnc23)cc1. The maximum absolute atomic E-state index is 12.3. The highest BCUT2D eigenvalue weighted by Gasteiger charge is 2.15. The monoisotopic (exact) mass is 436 g/mol. The summed E-state index contributed by atoms with van der Waals surface area (Å²) in [7, 11) is 0. The lowest BCUT2D eigenvalue weighted by molar-refractivity contribution is 0.0943. The molecule has 0 radical (unpaired) electrons. The summed E-state index contributed by atoms with van der Waals surface area (Å²) in [5, 5.41) is 4.43. The molecule has 1 amide bonds. The number of para-hydroxylation sites is 1. The highest BCUT2D eigenvalue weighted by molar-refractivity contribution is 7.80.